The van der Waals surface area contributed by atoms with Gasteiger partial charge in [-0.2, -0.15) is 10.1 Å². The lowest BCUT2D eigenvalue weighted by Gasteiger charge is -2.15. The van der Waals surface area contributed by atoms with Crippen molar-refractivity contribution in [2.45, 2.75) is 6.92 Å². The summed E-state index contributed by atoms with van der Waals surface area (Å²) in [6.45, 7) is 1.38. The zero-order valence-corrected chi connectivity index (χ0v) is 14.5. The van der Waals surface area contributed by atoms with Gasteiger partial charge in [-0.3, -0.25) is 4.79 Å². The molecule has 2 aromatic rings. The van der Waals surface area contributed by atoms with E-state index < -0.39 is 40.7 Å². The summed E-state index contributed by atoms with van der Waals surface area (Å²) < 4.78 is 68.7. The fraction of sp³-hybridized carbons (Fsp3) is 0.0588. The van der Waals surface area contributed by atoms with E-state index in [1.54, 1.807) is 24.3 Å². The van der Waals surface area contributed by atoms with Crippen LogP contribution in [-0.2, 0) is 4.79 Å². The number of hydrogen-bond donors (Lipinski definition) is 0. The van der Waals surface area contributed by atoms with Crippen LogP contribution in [0.2, 0.25) is 0 Å². The summed E-state index contributed by atoms with van der Waals surface area (Å²) >= 11 is 3.25. The van der Waals surface area contributed by atoms with Gasteiger partial charge in [0.15, 0.2) is 23.3 Å². The van der Waals surface area contributed by atoms with Gasteiger partial charge in [0.05, 0.1) is 11.3 Å². The molecule has 1 aliphatic rings. The Morgan fingerprint density at radius 3 is 1.96 bits per heavy atom. The quantitative estimate of drug-likeness (QED) is 0.287. The number of anilines is 1. The molecular weight excluding hydrogens is 423 g/mol. The molecular formula is C17H8BrF5N2O. The van der Waals surface area contributed by atoms with E-state index in [-0.39, 0.29) is 16.3 Å². The molecule has 3 rings (SSSR count). The fourth-order valence-corrected chi connectivity index (χ4v) is 2.61. The first-order valence-corrected chi connectivity index (χ1v) is 7.90. The second kappa shape index (κ2) is 6.64. The van der Waals surface area contributed by atoms with Crippen LogP contribution in [-0.4, -0.2) is 11.6 Å². The van der Waals surface area contributed by atoms with Crippen molar-refractivity contribution in [3.8, 4) is 0 Å². The maximum absolute atomic E-state index is 13.9. The first-order valence-electron chi connectivity index (χ1n) is 7.11. The minimum atomic E-state index is -2.30. The van der Waals surface area contributed by atoms with Crippen LogP contribution in [0.5, 0.6) is 0 Å². The van der Waals surface area contributed by atoms with E-state index in [0.29, 0.717) is 5.56 Å². The molecule has 0 spiro atoms. The predicted molar refractivity (Wildman–Crippen MR) is 88.9 cm³/mol. The third kappa shape index (κ3) is 2.92. The Labute approximate surface area is 152 Å². The summed E-state index contributed by atoms with van der Waals surface area (Å²) in [5, 5.41) is 3.83. The van der Waals surface area contributed by atoms with Crippen molar-refractivity contribution < 1.29 is 26.7 Å². The molecule has 0 atom stereocenters. The molecule has 0 aliphatic carbocycles. The molecule has 0 saturated carbocycles. The first kappa shape index (κ1) is 18.2. The highest BCUT2D eigenvalue weighted by atomic mass is 79.9. The number of carbonyl (C=O) groups is 1. The average molecular weight is 431 g/mol. The molecule has 0 fully saturated rings. The van der Waals surface area contributed by atoms with Gasteiger partial charge in [0, 0.05) is 4.47 Å². The molecule has 26 heavy (non-hydrogen) atoms. The number of rotatable bonds is 2. The highest BCUT2D eigenvalue weighted by Crippen LogP contribution is 2.34. The highest BCUT2D eigenvalue weighted by molar-refractivity contribution is 9.10. The standard InChI is InChI=1S/C17H8BrF5N2O/c1-7-10(6-8-2-4-9(18)5-3-8)17(26)25(24-7)16-14(22)12(20)11(19)13(21)15(16)23/h2-6H,1H3/b10-6+. The van der Waals surface area contributed by atoms with Crippen LogP contribution in [0.25, 0.3) is 6.08 Å². The summed E-state index contributed by atoms with van der Waals surface area (Å²) in [4.78, 5) is 12.5. The fourth-order valence-electron chi connectivity index (χ4n) is 2.34. The van der Waals surface area contributed by atoms with Gasteiger partial charge in [0.1, 0.15) is 5.69 Å². The zero-order valence-electron chi connectivity index (χ0n) is 13.0. The van der Waals surface area contributed by atoms with Gasteiger partial charge in [-0.1, -0.05) is 28.1 Å². The topological polar surface area (TPSA) is 32.7 Å². The largest absolute Gasteiger partial charge is 0.280 e. The monoisotopic (exact) mass is 430 g/mol. The summed E-state index contributed by atoms with van der Waals surface area (Å²) in [5.41, 5.74) is -0.784. The molecule has 1 aliphatic heterocycles. The minimum Gasteiger partial charge on any atom is -0.267 e. The van der Waals surface area contributed by atoms with E-state index in [9.17, 15) is 26.7 Å². The van der Waals surface area contributed by atoms with Gasteiger partial charge in [-0.25, -0.2) is 22.0 Å². The summed E-state index contributed by atoms with van der Waals surface area (Å²) in [6, 6.07) is 6.75. The van der Waals surface area contributed by atoms with E-state index in [1.807, 2.05) is 0 Å². The van der Waals surface area contributed by atoms with Crippen molar-refractivity contribution >= 4 is 39.3 Å². The van der Waals surface area contributed by atoms with E-state index in [4.69, 9.17) is 0 Å². The summed E-state index contributed by atoms with van der Waals surface area (Å²) in [5.74, 6) is -11.9. The number of benzene rings is 2. The van der Waals surface area contributed by atoms with Crippen molar-refractivity contribution in [3.63, 3.8) is 0 Å². The molecule has 1 heterocycles. The lowest BCUT2D eigenvalue weighted by molar-refractivity contribution is -0.114. The van der Waals surface area contributed by atoms with Crippen LogP contribution < -0.4 is 5.01 Å². The highest BCUT2D eigenvalue weighted by Gasteiger charge is 2.36. The number of amides is 1. The lowest BCUT2D eigenvalue weighted by atomic mass is 10.1. The number of halogens is 6. The molecule has 0 bridgehead atoms. The van der Waals surface area contributed by atoms with Gasteiger partial charge in [-0.05, 0) is 30.7 Å². The van der Waals surface area contributed by atoms with Crippen LogP contribution in [0, 0.1) is 29.1 Å². The molecule has 2 aromatic carbocycles. The zero-order chi connectivity index (χ0) is 19.2. The van der Waals surface area contributed by atoms with Crippen LogP contribution in [0.1, 0.15) is 12.5 Å². The Morgan fingerprint density at radius 1 is 0.923 bits per heavy atom. The van der Waals surface area contributed by atoms with Crippen LogP contribution in [0.4, 0.5) is 27.6 Å². The average Bonchev–Trinajstić information content (AvgIpc) is 2.88. The molecule has 1 amide bonds. The van der Waals surface area contributed by atoms with Crippen molar-refractivity contribution in [2.75, 3.05) is 5.01 Å². The van der Waals surface area contributed by atoms with E-state index in [0.717, 1.165) is 4.47 Å². The molecule has 3 nitrogen and oxygen atoms in total. The SMILES string of the molecule is CC1=NN(c2c(F)c(F)c(F)c(F)c2F)C(=O)/C1=C/c1ccc(Br)cc1. The number of nitrogens with zero attached hydrogens (tertiary/aromatic N) is 2. The smallest absolute Gasteiger partial charge is 0.267 e. The van der Waals surface area contributed by atoms with Crippen LogP contribution >= 0.6 is 15.9 Å². The molecule has 134 valence electrons. The van der Waals surface area contributed by atoms with Gasteiger partial charge in [0.25, 0.3) is 5.91 Å². The third-order valence-corrected chi connectivity index (χ3v) is 4.17. The van der Waals surface area contributed by atoms with E-state index >= 15 is 0 Å². The molecule has 0 N–H and O–H groups in total. The molecule has 0 aromatic heterocycles. The number of hydrazone groups is 1. The summed E-state index contributed by atoms with van der Waals surface area (Å²) in [7, 11) is 0. The van der Waals surface area contributed by atoms with Crippen LogP contribution in [0.3, 0.4) is 0 Å². The number of carbonyl (C=O) groups excluding carboxylic acids is 1. The van der Waals surface area contributed by atoms with Crippen molar-refractivity contribution in [1.29, 1.82) is 0 Å². The summed E-state index contributed by atoms with van der Waals surface area (Å²) in [6.07, 6.45) is 1.40. The molecule has 0 unspecified atom stereocenters. The Balaban J connectivity index is 2.08. The second-order valence-corrected chi connectivity index (χ2v) is 6.25. The van der Waals surface area contributed by atoms with Gasteiger partial charge >= 0.3 is 0 Å². The predicted octanol–water partition coefficient (Wildman–Crippen LogP) is 4.95. The number of hydrogen-bond acceptors (Lipinski definition) is 2. The normalized spacial score (nSPS) is 15.8. The van der Waals surface area contributed by atoms with Gasteiger partial charge in [0.2, 0.25) is 5.82 Å². The first-order chi connectivity index (χ1) is 12.2. The van der Waals surface area contributed by atoms with Gasteiger partial charge in [-0.15, -0.1) is 0 Å². The molecule has 0 saturated heterocycles. The Kier molecular flexibility index (Phi) is 4.66. The van der Waals surface area contributed by atoms with Crippen molar-refractivity contribution in [1.82, 2.24) is 0 Å². The minimum absolute atomic E-state index is 0.0312. The van der Waals surface area contributed by atoms with Crippen molar-refractivity contribution in [3.05, 3.63) is 69.0 Å². The Morgan fingerprint density at radius 2 is 1.42 bits per heavy atom. The van der Waals surface area contributed by atoms with Crippen LogP contribution in [0.15, 0.2) is 39.4 Å². The second-order valence-electron chi connectivity index (χ2n) is 5.33. The third-order valence-electron chi connectivity index (χ3n) is 3.64. The maximum Gasteiger partial charge on any atom is 0.280 e. The van der Waals surface area contributed by atoms with Crippen molar-refractivity contribution in [2.24, 2.45) is 5.10 Å². The van der Waals surface area contributed by atoms with E-state index in [2.05, 4.69) is 21.0 Å². The van der Waals surface area contributed by atoms with Gasteiger partial charge < -0.3 is 0 Å². The lowest BCUT2D eigenvalue weighted by Crippen LogP contribution is -2.25. The Bertz CT molecular complexity index is 957. The Hall–Kier alpha value is -2.55. The van der Waals surface area contributed by atoms with E-state index in [1.165, 1.54) is 13.0 Å². The maximum atomic E-state index is 13.9. The molecule has 0 radical (unpaired) electrons. The molecule has 9 heteroatoms.